The lowest BCUT2D eigenvalue weighted by Gasteiger charge is -2.22. The Hall–Kier alpha value is -2.36. The van der Waals surface area contributed by atoms with Crippen molar-refractivity contribution in [3.63, 3.8) is 0 Å². The average molecular weight is 405 g/mol. The van der Waals surface area contributed by atoms with Crippen LogP contribution in [0.2, 0.25) is 5.02 Å². The first-order valence-corrected chi connectivity index (χ1v) is 10.7. The minimum absolute atomic E-state index is 0.0522. The van der Waals surface area contributed by atoms with Gasteiger partial charge in [0, 0.05) is 35.1 Å². The number of pyridine rings is 1. The summed E-state index contributed by atoms with van der Waals surface area (Å²) < 4.78 is 6.20. The van der Waals surface area contributed by atoms with E-state index in [0.29, 0.717) is 6.10 Å². The molecule has 3 nitrogen and oxygen atoms in total. The van der Waals surface area contributed by atoms with E-state index in [-0.39, 0.29) is 5.54 Å². The Morgan fingerprint density at radius 2 is 1.93 bits per heavy atom. The molecule has 29 heavy (non-hydrogen) atoms. The molecule has 0 saturated heterocycles. The molecule has 148 valence electrons. The second-order valence-corrected chi connectivity index (χ2v) is 8.67. The highest BCUT2D eigenvalue weighted by Gasteiger charge is 2.45. The quantitative estimate of drug-likeness (QED) is 0.522. The third-order valence-corrected chi connectivity index (χ3v) is 6.27. The van der Waals surface area contributed by atoms with E-state index in [1.807, 2.05) is 24.5 Å². The van der Waals surface area contributed by atoms with Crippen molar-refractivity contribution in [1.29, 1.82) is 0 Å². The van der Waals surface area contributed by atoms with Crippen molar-refractivity contribution in [3.8, 4) is 16.9 Å². The number of hydrogen-bond donors (Lipinski definition) is 1. The number of nitrogens with zero attached hydrogens (tertiary/aromatic N) is 1. The molecule has 3 aromatic rings. The predicted octanol–water partition coefficient (Wildman–Crippen LogP) is 6.03. The van der Waals surface area contributed by atoms with Crippen LogP contribution >= 0.6 is 11.6 Å². The first kappa shape index (κ1) is 18.7. The minimum atomic E-state index is -0.0522. The normalized spacial score (nSPS) is 17.2. The maximum absolute atomic E-state index is 6.42. The Bertz CT molecular complexity index is 1040. The number of ether oxygens (including phenoxy) is 1. The van der Waals surface area contributed by atoms with Crippen LogP contribution in [0.15, 0.2) is 60.9 Å². The van der Waals surface area contributed by atoms with Gasteiger partial charge in [0.25, 0.3) is 0 Å². The van der Waals surface area contributed by atoms with Gasteiger partial charge in [-0.05, 0) is 67.5 Å². The van der Waals surface area contributed by atoms with Crippen molar-refractivity contribution in [2.24, 2.45) is 0 Å². The molecular weight excluding hydrogens is 380 g/mol. The topological polar surface area (TPSA) is 34.2 Å². The molecule has 4 heteroatoms. The number of para-hydroxylation sites is 1. The molecule has 0 amide bonds. The number of hydrogen-bond acceptors (Lipinski definition) is 3. The van der Waals surface area contributed by atoms with E-state index in [9.17, 15) is 0 Å². The fourth-order valence-electron chi connectivity index (χ4n) is 3.94. The third kappa shape index (κ3) is 3.90. The molecular formula is C25H25ClN2O. The highest BCUT2D eigenvalue weighted by Crippen LogP contribution is 2.50. The summed E-state index contributed by atoms with van der Waals surface area (Å²) in [5.41, 5.74) is 5.92. The lowest BCUT2D eigenvalue weighted by atomic mass is 9.94. The summed E-state index contributed by atoms with van der Waals surface area (Å²) in [6.07, 6.45) is 8.77. The zero-order valence-corrected chi connectivity index (χ0v) is 17.4. The summed E-state index contributed by atoms with van der Waals surface area (Å²) in [5, 5.41) is 4.60. The van der Waals surface area contributed by atoms with Gasteiger partial charge in [0.15, 0.2) is 0 Å². The van der Waals surface area contributed by atoms with Gasteiger partial charge in [-0.3, -0.25) is 4.98 Å². The molecule has 2 fully saturated rings. The van der Waals surface area contributed by atoms with Gasteiger partial charge < -0.3 is 10.1 Å². The van der Waals surface area contributed by atoms with Crippen LogP contribution in [-0.2, 0) is 12.1 Å². The zero-order chi connectivity index (χ0) is 19.8. The van der Waals surface area contributed by atoms with Gasteiger partial charge in [0.2, 0.25) is 0 Å². The standard InChI is InChI=1S/C25H25ClN2O/c1-17-6-9-23(26)18(14-17)15-28-25(11-12-25)22-16-27-13-10-20(22)21-4-2-3-5-24(21)29-19-7-8-19/h2-6,9-10,13-14,16,19,28H,7-8,11-12,15H2,1H3. The maximum atomic E-state index is 6.42. The van der Waals surface area contributed by atoms with Crippen molar-refractivity contribution in [2.45, 2.75) is 50.8 Å². The Balaban J connectivity index is 1.46. The van der Waals surface area contributed by atoms with Crippen molar-refractivity contribution in [2.75, 3.05) is 0 Å². The summed E-state index contributed by atoms with van der Waals surface area (Å²) in [5.74, 6) is 0.972. The van der Waals surface area contributed by atoms with Gasteiger partial charge in [0.05, 0.1) is 6.10 Å². The van der Waals surface area contributed by atoms with Gasteiger partial charge in [-0.15, -0.1) is 0 Å². The van der Waals surface area contributed by atoms with Crippen LogP contribution in [0.4, 0.5) is 0 Å². The molecule has 0 radical (unpaired) electrons. The van der Waals surface area contributed by atoms with Gasteiger partial charge in [-0.25, -0.2) is 0 Å². The Morgan fingerprint density at radius 3 is 2.72 bits per heavy atom. The molecule has 2 aromatic carbocycles. The Morgan fingerprint density at radius 1 is 1.10 bits per heavy atom. The molecule has 0 aliphatic heterocycles. The number of aromatic nitrogens is 1. The van der Waals surface area contributed by atoms with E-state index in [2.05, 4.69) is 53.6 Å². The van der Waals surface area contributed by atoms with E-state index in [4.69, 9.17) is 16.3 Å². The fraction of sp³-hybridized carbons (Fsp3) is 0.320. The fourth-order valence-corrected chi connectivity index (χ4v) is 4.12. The van der Waals surface area contributed by atoms with Crippen LogP contribution in [0.3, 0.4) is 0 Å². The van der Waals surface area contributed by atoms with Gasteiger partial charge in [-0.1, -0.05) is 47.5 Å². The largest absolute Gasteiger partial charge is 0.490 e. The van der Waals surface area contributed by atoms with Crippen LogP contribution in [-0.4, -0.2) is 11.1 Å². The first-order valence-electron chi connectivity index (χ1n) is 10.4. The maximum Gasteiger partial charge on any atom is 0.127 e. The molecule has 1 aromatic heterocycles. The number of benzene rings is 2. The second kappa shape index (κ2) is 7.47. The summed E-state index contributed by atoms with van der Waals surface area (Å²) in [4.78, 5) is 4.46. The SMILES string of the molecule is Cc1ccc(Cl)c(CNC2(c3cnccc3-c3ccccc3OC3CC3)CC2)c1. The number of aryl methyl sites for hydroxylation is 1. The predicted molar refractivity (Wildman–Crippen MR) is 117 cm³/mol. The monoisotopic (exact) mass is 404 g/mol. The van der Waals surface area contributed by atoms with E-state index in [0.717, 1.165) is 54.1 Å². The van der Waals surface area contributed by atoms with Gasteiger partial charge >= 0.3 is 0 Å². The first-order chi connectivity index (χ1) is 14.1. The minimum Gasteiger partial charge on any atom is -0.490 e. The van der Waals surface area contributed by atoms with Crippen molar-refractivity contribution >= 4 is 11.6 Å². The van der Waals surface area contributed by atoms with Gasteiger partial charge in [0.1, 0.15) is 5.75 Å². The lowest BCUT2D eigenvalue weighted by Crippen LogP contribution is -2.29. The second-order valence-electron chi connectivity index (χ2n) is 8.27. The zero-order valence-electron chi connectivity index (χ0n) is 16.6. The van der Waals surface area contributed by atoms with Gasteiger partial charge in [-0.2, -0.15) is 0 Å². The molecule has 1 heterocycles. The number of nitrogens with one attached hydrogen (secondary N) is 1. The number of rotatable bonds is 7. The third-order valence-electron chi connectivity index (χ3n) is 5.90. The van der Waals surface area contributed by atoms with E-state index < -0.39 is 0 Å². The summed E-state index contributed by atoms with van der Waals surface area (Å²) in [6.45, 7) is 2.85. The summed E-state index contributed by atoms with van der Waals surface area (Å²) >= 11 is 6.42. The lowest BCUT2D eigenvalue weighted by molar-refractivity contribution is 0.304. The molecule has 1 N–H and O–H groups in total. The van der Waals surface area contributed by atoms with E-state index >= 15 is 0 Å². The highest BCUT2D eigenvalue weighted by atomic mass is 35.5. The number of halogens is 1. The molecule has 2 aliphatic rings. The Labute approximate surface area is 177 Å². The van der Waals surface area contributed by atoms with Crippen LogP contribution in [0, 0.1) is 6.92 Å². The molecule has 2 aliphatic carbocycles. The Kier molecular flexibility index (Phi) is 4.81. The smallest absolute Gasteiger partial charge is 0.127 e. The van der Waals surface area contributed by atoms with Crippen molar-refractivity contribution < 1.29 is 4.74 Å². The van der Waals surface area contributed by atoms with E-state index in [1.54, 1.807) is 0 Å². The van der Waals surface area contributed by atoms with Crippen LogP contribution in [0.25, 0.3) is 11.1 Å². The molecule has 0 bridgehead atoms. The summed E-state index contributed by atoms with van der Waals surface area (Å²) in [6, 6.07) is 16.7. The molecule has 5 rings (SSSR count). The van der Waals surface area contributed by atoms with Crippen LogP contribution in [0.5, 0.6) is 5.75 Å². The van der Waals surface area contributed by atoms with Crippen LogP contribution in [0.1, 0.15) is 42.4 Å². The van der Waals surface area contributed by atoms with Crippen molar-refractivity contribution in [1.82, 2.24) is 10.3 Å². The highest BCUT2D eigenvalue weighted by molar-refractivity contribution is 6.31. The van der Waals surface area contributed by atoms with Crippen LogP contribution < -0.4 is 10.1 Å². The average Bonchev–Trinajstić information content (AvgIpc) is 3.66. The van der Waals surface area contributed by atoms with E-state index in [1.165, 1.54) is 16.7 Å². The molecule has 0 unspecified atom stereocenters. The molecule has 0 spiro atoms. The molecule has 0 atom stereocenters. The van der Waals surface area contributed by atoms with Crippen molar-refractivity contribution in [3.05, 3.63) is 82.6 Å². The molecule has 2 saturated carbocycles. The summed E-state index contributed by atoms with van der Waals surface area (Å²) in [7, 11) is 0.